The van der Waals surface area contributed by atoms with Crippen LogP contribution in [0.5, 0.6) is 0 Å². The van der Waals surface area contributed by atoms with Crippen LogP contribution in [-0.2, 0) is 17.4 Å². The molecule has 1 aliphatic rings. The average molecular weight is 300 g/mol. The second kappa shape index (κ2) is 6.47. The smallest absolute Gasteiger partial charge is 0.341 e. The third-order valence-corrected chi connectivity index (χ3v) is 3.79. The third kappa shape index (κ3) is 4.20. The number of nitrogens with one attached hydrogen (secondary N) is 1. The molecule has 0 saturated carbocycles. The quantitative estimate of drug-likeness (QED) is 0.930. The number of halogens is 3. The van der Waals surface area contributed by atoms with E-state index in [1.165, 1.54) is 6.07 Å². The van der Waals surface area contributed by atoms with Crippen LogP contribution in [0.15, 0.2) is 24.3 Å². The summed E-state index contributed by atoms with van der Waals surface area (Å²) < 4.78 is 38.0. The lowest BCUT2D eigenvalue weighted by molar-refractivity contribution is -0.138. The number of carbonyl (C=O) groups is 1. The number of likely N-dealkylation sites (N-methyl/N-ethyl adjacent to an activating group) is 1. The van der Waals surface area contributed by atoms with Crippen LogP contribution in [-0.4, -0.2) is 37.0 Å². The van der Waals surface area contributed by atoms with Gasteiger partial charge in [-0.05, 0) is 31.5 Å². The van der Waals surface area contributed by atoms with Gasteiger partial charge in [0.25, 0.3) is 0 Å². The van der Waals surface area contributed by atoms with Crippen molar-refractivity contribution in [3.8, 4) is 0 Å². The van der Waals surface area contributed by atoms with Crippen LogP contribution in [0, 0.1) is 0 Å². The van der Waals surface area contributed by atoms with Crippen molar-refractivity contribution in [1.82, 2.24) is 10.2 Å². The first-order valence-electron chi connectivity index (χ1n) is 7.01. The lowest BCUT2D eigenvalue weighted by Crippen LogP contribution is -2.47. The minimum Gasteiger partial charge on any atom is -0.341 e. The zero-order chi connectivity index (χ0) is 15.5. The van der Waals surface area contributed by atoms with Crippen LogP contribution >= 0.6 is 0 Å². The molecule has 0 bridgehead atoms. The molecule has 0 aliphatic carbocycles. The predicted octanol–water partition coefficient (Wildman–Crippen LogP) is 2.46. The maximum absolute atomic E-state index is 12.7. The molecule has 0 radical (unpaired) electrons. The fourth-order valence-corrected chi connectivity index (χ4v) is 2.58. The summed E-state index contributed by atoms with van der Waals surface area (Å²) in [4.78, 5) is 13.9. The van der Waals surface area contributed by atoms with Gasteiger partial charge in [0, 0.05) is 19.1 Å². The van der Waals surface area contributed by atoms with Gasteiger partial charge in [-0.25, -0.2) is 0 Å². The number of amides is 1. The maximum Gasteiger partial charge on any atom is 0.416 e. The van der Waals surface area contributed by atoms with E-state index in [1.807, 2.05) is 7.05 Å². The number of rotatable bonds is 3. The normalized spacial score (nSPS) is 19.6. The number of likely N-dealkylation sites (tertiary alicyclic amines) is 1. The van der Waals surface area contributed by atoms with E-state index in [0.717, 1.165) is 25.0 Å². The lowest BCUT2D eigenvalue weighted by atomic mass is 10.0. The van der Waals surface area contributed by atoms with Gasteiger partial charge in [-0.3, -0.25) is 4.79 Å². The van der Waals surface area contributed by atoms with Crippen molar-refractivity contribution in [2.24, 2.45) is 0 Å². The van der Waals surface area contributed by atoms with Crippen LogP contribution in [0.25, 0.3) is 0 Å². The van der Waals surface area contributed by atoms with E-state index in [1.54, 1.807) is 11.0 Å². The van der Waals surface area contributed by atoms with Crippen LogP contribution in [0.4, 0.5) is 13.2 Å². The first-order chi connectivity index (χ1) is 9.90. The minimum atomic E-state index is -4.37. The van der Waals surface area contributed by atoms with Crippen molar-refractivity contribution < 1.29 is 18.0 Å². The van der Waals surface area contributed by atoms with Crippen molar-refractivity contribution in [3.63, 3.8) is 0 Å². The van der Waals surface area contributed by atoms with Crippen molar-refractivity contribution in [3.05, 3.63) is 35.4 Å². The number of piperidine rings is 1. The lowest BCUT2D eigenvalue weighted by Gasteiger charge is -2.32. The summed E-state index contributed by atoms with van der Waals surface area (Å²) in [6.45, 7) is 1.30. The van der Waals surface area contributed by atoms with E-state index in [2.05, 4.69) is 5.32 Å². The molecular weight excluding hydrogens is 281 g/mol. The molecule has 1 aromatic rings. The van der Waals surface area contributed by atoms with Gasteiger partial charge in [-0.15, -0.1) is 0 Å². The molecule has 3 nitrogen and oxygen atoms in total. The van der Waals surface area contributed by atoms with E-state index in [9.17, 15) is 18.0 Å². The second-order valence-electron chi connectivity index (χ2n) is 5.34. The van der Waals surface area contributed by atoms with Crippen molar-refractivity contribution >= 4 is 5.91 Å². The highest BCUT2D eigenvalue weighted by molar-refractivity contribution is 5.79. The molecule has 6 heteroatoms. The fourth-order valence-electron chi connectivity index (χ4n) is 2.58. The van der Waals surface area contributed by atoms with E-state index >= 15 is 0 Å². The Hall–Kier alpha value is -1.56. The highest BCUT2D eigenvalue weighted by Crippen LogP contribution is 2.29. The largest absolute Gasteiger partial charge is 0.416 e. The first kappa shape index (κ1) is 15.8. The van der Waals surface area contributed by atoms with Gasteiger partial charge >= 0.3 is 6.18 Å². The monoisotopic (exact) mass is 300 g/mol. The number of hydrogen-bond acceptors (Lipinski definition) is 2. The van der Waals surface area contributed by atoms with E-state index in [0.29, 0.717) is 18.7 Å². The van der Waals surface area contributed by atoms with Gasteiger partial charge < -0.3 is 10.2 Å². The second-order valence-corrected chi connectivity index (χ2v) is 5.34. The molecular formula is C15H19F3N2O. The molecule has 1 aromatic carbocycles. The summed E-state index contributed by atoms with van der Waals surface area (Å²) in [5, 5.41) is 3.14. The van der Waals surface area contributed by atoms with Gasteiger partial charge in [0.1, 0.15) is 0 Å². The zero-order valence-corrected chi connectivity index (χ0v) is 11.9. The molecule has 1 aliphatic heterocycles. The Morgan fingerprint density at radius 1 is 1.43 bits per heavy atom. The topological polar surface area (TPSA) is 32.3 Å². The summed E-state index contributed by atoms with van der Waals surface area (Å²) in [5.41, 5.74) is -0.305. The molecule has 1 heterocycles. The number of alkyl halides is 3. The molecule has 116 valence electrons. The van der Waals surface area contributed by atoms with E-state index < -0.39 is 11.7 Å². The Balaban J connectivity index is 2.02. The standard InChI is InChI=1S/C15H19F3N2O/c1-19-13-6-3-7-20(10-13)14(21)9-11-4-2-5-12(8-11)15(16,17)18/h2,4-5,8,13,19H,3,6-7,9-10H2,1H3/t13-/m1/s1. The number of carbonyl (C=O) groups excluding carboxylic acids is 1. The highest BCUT2D eigenvalue weighted by atomic mass is 19.4. The van der Waals surface area contributed by atoms with Gasteiger partial charge in [0.05, 0.1) is 12.0 Å². The van der Waals surface area contributed by atoms with Gasteiger partial charge in [-0.2, -0.15) is 13.2 Å². The minimum absolute atomic E-state index is 0.0142. The average Bonchev–Trinajstić information content (AvgIpc) is 2.46. The maximum atomic E-state index is 12.7. The molecule has 21 heavy (non-hydrogen) atoms. The van der Waals surface area contributed by atoms with Crippen LogP contribution in [0.1, 0.15) is 24.0 Å². The van der Waals surface area contributed by atoms with E-state index in [4.69, 9.17) is 0 Å². The van der Waals surface area contributed by atoms with Crippen molar-refractivity contribution in [2.45, 2.75) is 31.5 Å². The summed E-state index contributed by atoms with van der Waals surface area (Å²) in [5.74, 6) is -0.116. The fraction of sp³-hybridized carbons (Fsp3) is 0.533. The Kier molecular flexibility index (Phi) is 4.88. The van der Waals surface area contributed by atoms with Crippen LogP contribution < -0.4 is 5.32 Å². The summed E-state index contributed by atoms with van der Waals surface area (Å²) in [6.07, 6.45) is -2.43. The summed E-state index contributed by atoms with van der Waals surface area (Å²) in [7, 11) is 1.85. The Bertz CT molecular complexity index is 502. The molecule has 1 amide bonds. The number of nitrogens with zero attached hydrogens (tertiary/aromatic N) is 1. The highest BCUT2D eigenvalue weighted by Gasteiger charge is 2.30. The van der Waals surface area contributed by atoms with Crippen LogP contribution in [0.3, 0.4) is 0 Å². The number of benzene rings is 1. The molecule has 1 atom stereocenters. The van der Waals surface area contributed by atoms with Gasteiger partial charge in [0.15, 0.2) is 0 Å². The Morgan fingerprint density at radius 2 is 2.19 bits per heavy atom. The molecule has 1 N–H and O–H groups in total. The SMILES string of the molecule is CN[C@@H]1CCCN(C(=O)Cc2cccc(C(F)(F)F)c2)C1. The summed E-state index contributed by atoms with van der Waals surface area (Å²) in [6, 6.07) is 5.25. The predicted molar refractivity (Wildman–Crippen MR) is 73.8 cm³/mol. The van der Waals surface area contributed by atoms with Crippen molar-refractivity contribution in [1.29, 1.82) is 0 Å². The first-order valence-corrected chi connectivity index (χ1v) is 7.01. The molecule has 0 unspecified atom stereocenters. The van der Waals surface area contributed by atoms with Gasteiger partial charge in [0.2, 0.25) is 5.91 Å². The summed E-state index contributed by atoms with van der Waals surface area (Å²) >= 11 is 0. The Morgan fingerprint density at radius 3 is 2.86 bits per heavy atom. The molecule has 2 rings (SSSR count). The molecule has 1 fully saturated rings. The van der Waals surface area contributed by atoms with E-state index in [-0.39, 0.29) is 18.4 Å². The Labute approximate surface area is 122 Å². The zero-order valence-electron chi connectivity index (χ0n) is 11.9. The van der Waals surface area contributed by atoms with Crippen molar-refractivity contribution in [2.75, 3.05) is 20.1 Å². The molecule has 0 spiro atoms. The molecule has 1 saturated heterocycles. The number of hydrogen-bond donors (Lipinski definition) is 1. The molecule has 0 aromatic heterocycles. The van der Waals surface area contributed by atoms with Gasteiger partial charge in [-0.1, -0.05) is 18.2 Å². The third-order valence-electron chi connectivity index (χ3n) is 3.79. The van der Waals surface area contributed by atoms with Crippen LogP contribution in [0.2, 0.25) is 0 Å².